The predicted molar refractivity (Wildman–Crippen MR) is 77.9 cm³/mol. The van der Waals surface area contributed by atoms with Crippen molar-refractivity contribution < 1.29 is 14.4 Å². The Hall–Kier alpha value is -1.85. The Morgan fingerprint density at radius 1 is 1.20 bits per heavy atom. The van der Waals surface area contributed by atoms with Crippen LogP contribution in [0.1, 0.15) is 20.8 Å². The highest BCUT2D eigenvalue weighted by Gasteiger charge is 2.22. The molecule has 1 N–H and O–H groups in total. The molecule has 0 rings (SSSR count). The van der Waals surface area contributed by atoms with Crippen LogP contribution in [-0.4, -0.2) is 61.8 Å². The fourth-order valence-electron chi connectivity index (χ4n) is 1.85. The Kier molecular flexibility index (Phi) is 7.57. The lowest BCUT2D eigenvalue weighted by Crippen LogP contribution is -2.43. The van der Waals surface area contributed by atoms with Gasteiger partial charge in [-0.25, -0.2) is 0 Å². The number of carbonyl (C=O) groups is 3. The molecule has 0 aliphatic carbocycles. The van der Waals surface area contributed by atoms with Crippen LogP contribution in [-0.2, 0) is 14.4 Å². The number of hydrogen-bond donors (Lipinski definition) is 1. The molecule has 0 fully saturated rings. The molecule has 0 saturated carbocycles. The van der Waals surface area contributed by atoms with Crippen molar-refractivity contribution in [3.05, 3.63) is 11.6 Å². The number of rotatable bonds is 7. The van der Waals surface area contributed by atoms with E-state index in [1.54, 1.807) is 39.0 Å². The molecule has 0 heterocycles. The molecule has 0 aliphatic rings. The van der Waals surface area contributed by atoms with Crippen LogP contribution in [0.25, 0.3) is 0 Å². The summed E-state index contributed by atoms with van der Waals surface area (Å²) in [6, 6.07) is -0.195. The fraction of sp³-hybridized carbons (Fsp3) is 0.643. The zero-order valence-electron chi connectivity index (χ0n) is 13.1. The lowest BCUT2D eigenvalue weighted by atomic mass is 9.99. The van der Waals surface area contributed by atoms with Crippen LogP contribution in [0.15, 0.2) is 11.6 Å². The largest absolute Gasteiger partial charge is 0.350 e. The molecule has 0 unspecified atom stereocenters. The van der Waals surface area contributed by atoms with Gasteiger partial charge in [0.1, 0.15) is 0 Å². The van der Waals surface area contributed by atoms with Gasteiger partial charge in [0.05, 0.1) is 12.6 Å². The van der Waals surface area contributed by atoms with E-state index in [9.17, 15) is 14.4 Å². The first-order valence-electron chi connectivity index (χ1n) is 6.55. The molecule has 20 heavy (non-hydrogen) atoms. The summed E-state index contributed by atoms with van der Waals surface area (Å²) in [6.07, 6.45) is 2.29. The maximum atomic E-state index is 11.9. The van der Waals surface area contributed by atoms with Crippen molar-refractivity contribution in [1.82, 2.24) is 15.1 Å². The van der Waals surface area contributed by atoms with Gasteiger partial charge in [-0.1, -0.05) is 19.9 Å². The van der Waals surface area contributed by atoms with E-state index >= 15 is 0 Å². The highest BCUT2D eigenvalue weighted by molar-refractivity contribution is 5.92. The Morgan fingerprint density at radius 3 is 2.15 bits per heavy atom. The molecule has 0 saturated heterocycles. The molecule has 0 aromatic carbocycles. The second-order valence-electron chi connectivity index (χ2n) is 5.29. The molecule has 0 spiro atoms. The maximum absolute atomic E-state index is 11.9. The van der Waals surface area contributed by atoms with Gasteiger partial charge in [0, 0.05) is 26.7 Å². The number of amides is 3. The summed E-state index contributed by atoms with van der Waals surface area (Å²) in [5.74, 6) is -0.121. The molecular weight excluding hydrogens is 258 g/mol. The summed E-state index contributed by atoms with van der Waals surface area (Å²) in [5.41, 5.74) is 0.594. The highest BCUT2D eigenvalue weighted by atomic mass is 16.2. The van der Waals surface area contributed by atoms with Gasteiger partial charge < -0.3 is 15.1 Å². The van der Waals surface area contributed by atoms with Crippen LogP contribution in [0.3, 0.4) is 0 Å². The molecular formula is C14H25N3O3. The van der Waals surface area contributed by atoms with Gasteiger partial charge in [0.25, 0.3) is 0 Å². The van der Waals surface area contributed by atoms with Crippen molar-refractivity contribution in [2.45, 2.75) is 26.8 Å². The molecule has 0 aromatic rings. The van der Waals surface area contributed by atoms with Crippen molar-refractivity contribution in [3.8, 4) is 0 Å². The molecule has 0 bridgehead atoms. The summed E-state index contributed by atoms with van der Waals surface area (Å²) in [5, 5.41) is 2.35. The quantitative estimate of drug-likeness (QED) is 0.538. The topological polar surface area (TPSA) is 69.7 Å². The monoisotopic (exact) mass is 283 g/mol. The minimum Gasteiger partial charge on any atom is -0.350 e. The summed E-state index contributed by atoms with van der Waals surface area (Å²) >= 11 is 0. The summed E-state index contributed by atoms with van der Waals surface area (Å²) in [6.45, 7) is 5.65. The van der Waals surface area contributed by atoms with Gasteiger partial charge >= 0.3 is 0 Å². The van der Waals surface area contributed by atoms with Crippen LogP contribution >= 0.6 is 0 Å². The van der Waals surface area contributed by atoms with Crippen LogP contribution in [0.5, 0.6) is 0 Å². The third-order valence-corrected chi connectivity index (χ3v) is 3.02. The zero-order chi connectivity index (χ0) is 15.9. The van der Waals surface area contributed by atoms with E-state index in [0.29, 0.717) is 12.0 Å². The molecule has 0 aromatic heterocycles. The number of carbonyl (C=O) groups excluding carboxylic acids is 3. The molecule has 3 amide bonds. The van der Waals surface area contributed by atoms with Gasteiger partial charge in [-0.15, -0.1) is 0 Å². The highest BCUT2D eigenvalue weighted by Crippen LogP contribution is 2.14. The van der Waals surface area contributed by atoms with Crippen LogP contribution in [0, 0.1) is 5.92 Å². The zero-order valence-corrected chi connectivity index (χ0v) is 13.1. The molecule has 6 heteroatoms. The third kappa shape index (κ3) is 5.42. The van der Waals surface area contributed by atoms with Crippen LogP contribution in [0.2, 0.25) is 0 Å². The second-order valence-corrected chi connectivity index (χ2v) is 5.29. The van der Waals surface area contributed by atoms with Gasteiger partial charge in [0.2, 0.25) is 18.2 Å². The Bertz CT molecular complexity index is 389. The van der Waals surface area contributed by atoms with Crippen molar-refractivity contribution in [2.75, 3.05) is 27.7 Å². The van der Waals surface area contributed by atoms with Crippen molar-refractivity contribution in [2.24, 2.45) is 5.92 Å². The number of nitrogens with one attached hydrogen (secondary N) is 1. The normalized spacial score (nSPS) is 12.8. The van der Waals surface area contributed by atoms with Crippen molar-refractivity contribution in [1.29, 1.82) is 0 Å². The van der Waals surface area contributed by atoms with Crippen molar-refractivity contribution in [3.63, 3.8) is 0 Å². The van der Waals surface area contributed by atoms with E-state index in [-0.39, 0.29) is 30.3 Å². The molecule has 1 atom stereocenters. The third-order valence-electron chi connectivity index (χ3n) is 3.02. The van der Waals surface area contributed by atoms with Gasteiger partial charge in [-0.05, 0) is 12.8 Å². The summed E-state index contributed by atoms with van der Waals surface area (Å²) in [7, 11) is 5.04. The Labute approximate surface area is 120 Å². The first-order valence-corrected chi connectivity index (χ1v) is 6.55. The summed E-state index contributed by atoms with van der Waals surface area (Å²) < 4.78 is 0. The minimum absolute atomic E-state index is 0.0439. The predicted octanol–water partition coefficient (Wildman–Crippen LogP) is 0.250. The molecule has 0 aliphatic heterocycles. The Morgan fingerprint density at radius 2 is 1.75 bits per heavy atom. The van der Waals surface area contributed by atoms with Crippen molar-refractivity contribution >= 4 is 18.2 Å². The average Bonchev–Trinajstić information content (AvgIpc) is 2.39. The number of nitrogens with zero attached hydrogens (tertiary/aromatic N) is 2. The Balaban J connectivity index is 5.06. The average molecular weight is 283 g/mol. The fourth-order valence-corrected chi connectivity index (χ4v) is 1.85. The minimum atomic E-state index is -0.197. The van der Waals surface area contributed by atoms with E-state index in [4.69, 9.17) is 0 Å². The van der Waals surface area contributed by atoms with Crippen LogP contribution < -0.4 is 5.32 Å². The lowest BCUT2D eigenvalue weighted by molar-refractivity contribution is -0.132. The first-order chi connectivity index (χ1) is 9.22. The maximum Gasteiger partial charge on any atom is 0.248 e. The number of likely N-dealkylation sites (N-methyl/N-ethyl adjacent to an activating group) is 2. The van der Waals surface area contributed by atoms with E-state index in [1.165, 1.54) is 4.90 Å². The molecule has 114 valence electrons. The molecule has 6 nitrogen and oxygen atoms in total. The van der Waals surface area contributed by atoms with Gasteiger partial charge in [-0.3, -0.25) is 14.4 Å². The van der Waals surface area contributed by atoms with E-state index in [2.05, 4.69) is 5.32 Å². The lowest BCUT2D eigenvalue weighted by Gasteiger charge is -2.29. The first kappa shape index (κ1) is 18.1. The second kappa shape index (κ2) is 8.35. The smallest absolute Gasteiger partial charge is 0.248 e. The summed E-state index contributed by atoms with van der Waals surface area (Å²) in [4.78, 5) is 37.1. The number of hydrogen-bond acceptors (Lipinski definition) is 3. The van der Waals surface area contributed by atoms with Gasteiger partial charge in [-0.2, -0.15) is 0 Å². The van der Waals surface area contributed by atoms with Gasteiger partial charge in [0.15, 0.2) is 0 Å². The molecule has 0 radical (unpaired) electrons. The standard InChI is InChI=1S/C14H25N3O3/c1-10(2)12(7-11(3)14(20)16(4)5)17(6)13(19)8-15-9-18/h7,9-10,12H,8H2,1-6H3,(H,15,18)/t12-/m1/s1. The SMILES string of the molecule is CC(=C[C@H](C(C)C)N(C)C(=O)CNC=O)C(=O)N(C)C. The van der Waals surface area contributed by atoms with E-state index in [0.717, 1.165) is 0 Å². The van der Waals surface area contributed by atoms with E-state index < -0.39 is 0 Å². The van der Waals surface area contributed by atoms with E-state index in [1.807, 2.05) is 13.8 Å². The van der Waals surface area contributed by atoms with Crippen LogP contribution in [0.4, 0.5) is 0 Å².